The van der Waals surface area contributed by atoms with Crippen molar-refractivity contribution < 1.29 is 14.9 Å². The van der Waals surface area contributed by atoms with Gasteiger partial charge < -0.3 is 14.9 Å². The molecule has 1 saturated heterocycles. The number of H-pyrrole nitrogens is 1. The van der Waals surface area contributed by atoms with E-state index in [1.165, 1.54) is 10.8 Å². The second-order valence-corrected chi connectivity index (χ2v) is 4.77. The largest absolute Gasteiger partial charge is 0.393 e. The number of hydrogen-bond donors (Lipinski definition) is 3. The van der Waals surface area contributed by atoms with Crippen LogP contribution in [0.2, 0.25) is 0 Å². The van der Waals surface area contributed by atoms with Crippen molar-refractivity contribution in [1.82, 2.24) is 9.55 Å². The van der Waals surface area contributed by atoms with Crippen LogP contribution in [0.3, 0.4) is 0 Å². The van der Waals surface area contributed by atoms with E-state index in [0.29, 0.717) is 5.56 Å². The van der Waals surface area contributed by atoms with Crippen molar-refractivity contribution in [3.8, 4) is 0 Å². The van der Waals surface area contributed by atoms with Crippen molar-refractivity contribution in [1.29, 1.82) is 0 Å². The molecule has 0 spiro atoms. The Bertz CT molecular complexity index is 563. The highest BCUT2D eigenvalue weighted by molar-refractivity contribution is 5.02. The fraction of sp³-hybridized carbons (Fsp3) is 0.636. The Hall–Kier alpha value is -1.44. The van der Waals surface area contributed by atoms with Crippen LogP contribution in [-0.2, 0) is 4.74 Å². The average Bonchev–Trinajstić information content (AvgIpc) is 2.61. The first-order chi connectivity index (χ1) is 8.37. The number of nitrogens with one attached hydrogen (secondary N) is 1. The Morgan fingerprint density at radius 1 is 1.61 bits per heavy atom. The first kappa shape index (κ1) is 13.0. The molecule has 7 heteroatoms. The molecule has 18 heavy (non-hydrogen) atoms. The van der Waals surface area contributed by atoms with Gasteiger partial charge in [-0.1, -0.05) is 0 Å². The standard InChI is InChI=1S/C11H16N2O5/c1-6-4-13(10(17)12-9(6)16)8-3-7(15)11(2,5-14)18-8/h4,7-8,14-15H,3,5H2,1-2H3,(H,12,16,17)/t7-,8-,11+/m0/s1. The molecule has 3 atom stereocenters. The third kappa shape index (κ3) is 2.00. The zero-order chi connectivity index (χ0) is 13.5. The number of aromatic amines is 1. The molecular weight excluding hydrogens is 240 g/mol. The monoisotopic (exact) mass is 256 g/mol. The normalized spacial score (nSPS) is 31.8. The van der Waals surface area contributed by atoms with Gasteiger partial charge >= 0.3 is 5.69 Å². The van der Waals surface area contributed by atoms with Crippen LogP contribution in [0, 0.1) is 6.92 Å². The van der Waals surface area contributed by atoms with Crippen molar-refractivity contribution >= 4 is 0 Å². The molecule has 1 aromatic heterocycles. The summed E-state index contributed by atoms with van der Waals surface area (Å²) in [5, 5.41) is 19.0. The number of ether oxygens (including phenoxy) is 1. The molecule has 3 N–H and O–H groups in total. The molecule has 2 rings (SSSR count). The second kappa shape index (κ2) is 4.34. The number of aromatic nitrogens is 2. The third-order valence-electron chi connectivity index (χ3n) is 3.31. The number of rotatable bonds is 2. The maximum atomic E-state index is 11.7. The molecule has 0 unspecified atom stereocenters. The molecule has 100 valence electrons. The number of aliphatic hydroxyl groups is 2. The summed E-state index contributed by atoms with van der Waals surface area (Å²) < 4.78 is 6.74. The van der Waals surface area contributed by atoms with Gasteiger partial charge in [-0.25, -0.2) is 4.79 Å². The molecule has 1 fully saturated rings. The fourth-order valence-corrected chi connectivity index (χ4v) is 1.99. The molecule has 1 aliphatic rings. The van der Waals surface area contributed by atoms with Crippen LogP contribution in [-0.4, -0.2) is 38.1 Å². The number of aryl methyl sites for hydroxylation is 1. The van der Waals surface area contributed by atoms with Gasteiger partial charge in [0.15, 0.2) is 0 Å². The molecule has 0 radical (unpaired) electrons. The van der Waals surface area contributed by atoms with Gasteiger partial charge in [-0.05, 0) is 13.8 Å². The third-order valence-corrected chi connectivity index (χ3v) is 3.31. The van der Waals surface area contributed by atoms with Crippen LogP contribution in [0.25, 0.3) is 0 Å². The zero-order valence-electron chi connectivity index (χ0n) is 10.2. The molecule has 7 nitrogen and oxygen atoms in total. The lowest BCUT2D eigenvalue weighted by Gasteiger charge is -2.25. The number of aliphatic hydroxyl groups excluding tert-OH is 2. The Balaban J connectivity index is 2.38. The van der Waals surface area contributed by atoms with E-state index in [1.807, 2.05) is 0 Å². The molecule has 0 aromatic carbocycles. The highest BCUT2D eigenvalue weighted by Gasteiger charge is 2.45. The van der Waals surface area contributed by atoms with Crippen LogP contribution >= 0.6 is 0 Å². The Kier molecular flexibility index (Phi) is 3.14. The van der Waals surface area contributed by atoms with Crippen molar-refractivity contribution in [3.05, 3.63) is 32.6 Å². The average molecular weight is 256 g/mol. The van der Waals surface area contributed by atoms with E-state index < -0.39 is 29.2 Å². The topological polar surface area (TPSA) is 105 Å². The molecule has 0 aliphatic carbocycles. The fourth-order valence-electron chi connectivity index (χ4n) is 1.99. The van der Waals surface area contributed by atoms with E-state index in [1.54, 1.807) is 13.8 Å². The quantitative estimate of drug-likeness (QED) is 0.621. The van der Waals surface area contributed by atoms with Gasteiger partial charge in [-0.3, -0.25) is 14.3 Å². The predicted molar refractivity (Wildman–Crippen MR) is 62.3 cm³/mol. The summed E-state index contributed by atoms with van der Waals surface area (Å²) in [6.45, 7) is 2.80. The second-order valence-electron chi connectivity index (χ2n) is 4.77. The SMILES string of the molecule is Cc1cn([C@@H]2C[C@H](O)[C@@](C)(CO)O2)c(=O)[nH]c1=O. The maximum Gasteiger partial charge on any atom is 0.330 e. The summed E-state index contributed by atoms with van der Waals surface area (Å²) in [4.78, 5) is 25.1. The minimum absolute atomic E-state index is 0.183. The molecule has 1 aromatic rings. The zero-order valence-corrected chi connectivity index (χ0v) is 10.2. The predicted octanol–water partition coefficient (Wildman–Crippen LogP) is -1.12. The van der Waals surface area contributed by atoms with Gasteiger partial charge in [-0.2, -0.15) is 0 Å². The van der Waals surface area contributed by atoms with Crippen molar-refractivity contribution in [2.75, 3.05) is 6.61 Å². The first-order valence-corrected chi connectivity index (χ1v) is 5.66. The maximum absolute atomic E-state index is 11.7. The molecule has 0 saturated carbocycles. The molecular formula is C11H16N2O5. The van der Waals surface area contributed by atoms with Crippen molar-refractivity contribution in [2.24, 2.45) is 0 Å². The van der Waals surface area contributed by atoms with E-state index in [-0.39, 0.29) is 13.0 Å². The van der Waals surface area contributed by atoms with Crippen LogP contribution in [0.5, 0.6) is 0 Å². The van der Waals surface area contributed by atoms with Crippen LogP contribution < -0.4 is 11.2 Å². The van der Waals surface area contributed by atoms with Gasteiger partial charge in [0.2, 0.25) is 0 Å². The van der Waals surface area contributed by atoms with Gasteiger partial charge in [0.05, 0.1) is 12.7 Å². The molecule has 1 aliphatic heterocycles. The van der Waals surface area contributed by atoms with Crippen molar-refractivity contribution in [2.45, 2.75) is 38.2 Å². The Morgan fingerprint density at radius 2 is 2.28 bits per heavy atom. The molecule has 2 heterocycles. The molecule has 0 bridgehead atoms. The van der Waals surface area contributed by atoms with Crippen LogP contribution in [0.15, 0.2) is 15.8 Å². The van der Waals surface area contributed by atoms with E-state index in [9.17, 15) is 19.8 Å². The van der Waals surface area contributed by atoms with E-state index in [4.69, 9.17) is 4.74 Å². The van der Waals surface area contributed by atoms with E-state index in [2.05, 4.69) is 4.98 Å². The first-order valence-electron chi connectivity index (χ1n) is 5.66. The summed E-state index contributed by atoms with van der Waals surface area (Å²) in [6, 6.07) is 0. The summed E-state index contributed by atoms with van der Waals surface area (Å²) in [7, 11) is 0. The lowest BCUT2D eigenvalue weighted by molar-refractivity contribution is -0.116. The summed E-state index contributed by atoms with van der Waals surface area (Å²) in [6.07, 6.45) is 0.0104. The van der Waals surface area contributed by atoms with E-state index in [0.717, 1.165) is 0 Å². The minimum atomic E-state index is -1.09. The number of nitrogens with zero attached hydrogens (tertiary/aromatic N) is 1. The van der Waals surface area contributed by atoms with Gasteiger partial charge in [-0.15, -0.1) is 0 Å². The van der Waals surface area contributed by atoms with E-state index >= 15 is 0 Å². The number of hydrogen-bond acceptors (Lipinski definition) is 5. The highest BCUT2D eigenvalue weighted by atomic mass is 16.6. The smallest absolute Gasteiger partial charge is 0.330 e. The summed E-state index contributed by atoms with van der Waals surface area (Å²) in [5.74, 6) is 0. The van der Waals surface area contributed by atoms with Crippen LogP contribution in [0.4, 0.5) is 0 Å². The van der Waals surface area contributed by atoms with Crippen molar-refractivity contribution in [3.63, 3.8) is 0 Å². The highest BCUT2D eigenvalue weighted by Crippen LogP contribution is 2.35. The summed E-state index contributed by atoms with van der Waals surface area (Å²) >= 11 is 0. The Labute approximate surface area is 103 Å². The van der Waals surface area contributed by atoms with Gasteiger partial charge in [0.1, 0.15) is 11.8 Å². The summed E-state index contributed by atoms with van der Waals surface area (Å²) in [5.41, 5.74) is -1.75. The lowest BCUT2D eigenvalue weighted by atomic mass is 10.0. The lowest BCUT2D eigenvalue weighted by Crippen LogP contribution is -2.40. The van der Waals surface area contributed by atoms with Gasteiger partial charge in [0, 0.05) is 18.2 Å². The van der Waals surface area contributed by atoms with Crippen LogP contribution in [0.1, 0.15) is 25.1 Å². The Morgan fingerprint density at radius 3 is 2.83 bits per heavy atom. The van der Waals surface area contributed by atoms with Gasteiger partial charge in [0.25, 0.3) is 5.56 Å². The minimum Gasteiger partial charge on any atom is -0.393 e. The molecule has 0 amide bonds.